The summed E-state index contributed by atoms with van der Waals surface area (Å²) in [4.78, 5) is 8.23. The van der Waals surface area contributed by atoms with Crippen molar-refractivity contribution in [1.29, 1.82) is 0 Å². The van der Waals surface area contributed by atoms with Crippen LogP contribution in [0.2, 0.25) is 0 Å². The van der Waals surface area contributed by atoms with E-state index in [1.54, 1.807) is 18.1 Å². The summed E-state index contributed by atoms with van der Waals surface area (Å²) in [7, 11) is 0. The highest BCUT2D eigenvalue weighted by atomic mass is 32.2. The molecular formula is C8H9N3S. The maximum atomic E-state index is 5.79. The van der Waals surface area contributed by atoms with Gasteiger partial charge in [0, 0.05) is 10.6 Å². The molecule has 2 aromatic rings. The molecule has 0 atom stereocenters. The van der Waals surface area contributed by atoms with E-state index in [1.165, 1.54) is 0 Å². The molecule has 0 bridgehead atoms. The van der Waals surface area contributed by atoms with E-state index in [2.05, 4.69) is 9.97 Å². The Morgan fingerprint density at radius 3 is 3.08 bits per heavy atom. The first kappa shape index (κ1) is 7.49. The van der Waals surface area contributed by atoms with Gasteiger partial charge in [-0.25, -0.2) is 4.98 Å². The van der Waals surface area contributed by atoms with Gasteiger partial charge in [0.25, 0.3) is 0 Å². The third-order valence-corrected chi connectivity index (χ3v) is 2.57. The fourth-order valence-electron chi connectivity index (χ4n) is 1.16. The third-order valence-electron chi connectivity index (χ3n) is 1.77. The van der Waals surface area contributed by atoms with E-state index >= 15 is 0 Å². The lowest BCUT2D eigenvalue weighted by Crippen LogP contribution is -1.87. The van der Waals surface area contributed by atoms with Gasteiger partial charge in [-0.2, -0.15) is 0 Å². The Kier molecular flexibility index (Phi) is 1.69. The predicted molar refractivity (Wildman–Crippen MR) is 52.3 cm³/mol. The van der Waals surface area contributed by atoms with E-state index < -0.39 is 0 Å². The van der Waals surface area contributed by atoms with Crippen molar-refractivity contribution in [3.05, 3.63) is 18.5 Å². The molecule has 0 fully saturated rings. The summed E-state index contributed by atoms with van der Waals surface area (Å²) >= 11 is 1.63. The van der Waals surface area contributed by atoms with Crippen molar-refractivity contribution >= 4 is 28.5 Å². The average Bonchev–Trinajstić information content (AvgIpc) is 2.49. The van der Waals surface area contributed by atoms with Crippen molar-refractivity contribution < 1.29 is 0 Å². The number of aromatic nitrogens is 2. The maximum absolute atomic E-state index is 5.79. The van der Waals surface area contributed by atoms with E-state index in [9.17, 15) is 0 Å². The number of thioether (sulfide) groups is 1. The number of nitrogens with zero attached hydrogens (tertiary/aromatic N) is 1. The van der Waals surface area contributed by atoms with Crippen LogP contribution >= 0.6 is 11.8 Å². The SMILES string of the molecule is CSc1cc2nc[nH]c2cc1N. The van der Waals surface area contributed by atoms with Gasteiger partial charge in [-0.3, -0.25) is 0 Å². The van der Waals surface area contributed by atoms with Gasteiger partial charge in [-0.05, 0) is 18.4 Å². The van der Waals surface area contributed by atoms with Crippen molar-refractivity contribution in [2.75, 3.05) is 12.0 Å². The molecule has 4 heteroatoms. The Bertz CT molecular complexity index is 408. The topological polar surface area (TPSA) is 54.7 Å². The molecule has 3 N–H and O–H groups in total. The van der Waals surface area contributed by atoms with Crippen molar-refractivity contribution in [1.82, 2.24) is 9.97 Å². The summed E-state index contributed by atoms with van der Waals surface area (Å²) in [5.74, 6) is 0. The van der Waals surface area contributed by atoms with Gasteiger partial charge < -0.3 is 10.7 Å². The van der Waals surface area contributed by atoms with Crippen LogP contribution in [0.25, 0.3) is 11.0 Å². The van der Waals surface area contributed by atoms with Gasteiger partial charge in [0.05, 0.1) is 17.4 Å². The number of rotatable bonds is 1. The fourth-order valence-corrected chi connectivity index (χ4v) is 1.68. The van der Waals surface area contributed by atoms with Gasteiger partial charge in [0.1, 0.15) is 0 Å². The van der Waals surface area contributed by atoms with Crippen molar-refractivity contribution in [2.45, 2.75) is 4.90 Å². The second-order valence-corrected chi connectivity index (χ2v) is 3.36. The summed E-state index contributed by atoms with van der Waals surface area (Å²) in [6.07, 6.45) is 3.68. The Hall–Kier alpha value is -1.16. The van der Waals surface area contributed by atoms with Gasteiger partial charge in [0.2, 0.25) is 0 Å². The minimum absolute atomic E-state index is 0.805. The molecule has 0 saturated carbocycles. The lowest BCUT2D eigenvalue weighted by Gasteiger charge is -2.00. The number of nitrogens with two attached hydrogens (primary N) is 1. The number of H-pyrrole nitrogens is 1. The zero-order chi connectivity index (χ0) is 8.55. The number of hydrogen-bond acceptors (Lipinski definition) is 3. The van der Waals surface area contributed by atoms with Crippen LogP contribution < -0.4 is 5.73 Å². The number of nitrogens with one attached hydrogen (secondary N) is 1. The molecule has 62 valence electrons. The van der Waals surface area contributed by atoms with Gasteiger partial charge >= 0.3 is 0 Å². The first-order chi connectivity index (χ1) is 5.81. The average molecular weight is 179 g/mol. The summed E-state index contributed by atoms with van der Waals surface area (Å²) in [5.41, 5.74) is 8.55. The Balaban J connectivity index is 2.73. The highest BCUT2D eigenvalue weighted by Gasteiger charge is 2.01. The van der Waals surface area contributed by atoms with Crippen LogP contribution in [-0.4, -0.2) is 16.2 Å². The number of nitrogen functional groups attached to an aromatic ring is 1. The van der Waals surface area contributed by atoms with Crippen LogP contribution in [0.4, 0.5) is 5.69 Å². The highest BCUT2D eigenvalue weighted by molar-refractivity contribution is 7.98. The van der Waals surface area contributed by atoms with Crippen LogP contribution in [0.1, 0.15) is 0 Å². The van der Waals surface area contributed by atoms with Crippen LogP contribution in [0.3, 0.4) is 0 Å². The summed E-state index contributed by atoms with van der Waals surface area (Å²) in [5, 5.41) is 0. The van der Waals surface area contributed by atoms with Crippen LogP contribution in [0.5, 0.6) is 0 Å². The van der Waals surface area contributed by atoms with E-state index in [0.717, 1.165) is 21.6 Å². The Morgan fingerprint density at radius 2 is 2.33 bits per heavy atom. The number of anilines is 1. The predicted octanol–water partition coefficient (Wildman–Crippen LogP) is 1.87. The molecule has 0 aliphatic heterocycles. The summed E-state index contributed by atoms with van der Waals surface area (Å²) in [6.45, 7) is 0. The van der Waals surface area contributed by atoms with Gasteiger partial charge in [-0.1, -0.05) is 0 Å². The van der Waals surface area contributed by atoms with Crippen molar-refractivity contribution in [2.24, 2.45) is 0 Å². The van der Waals surface area contributed by atoms with E-state index in [1.807, 2.05) is 18.4 Å². The van der Waals surface area contributed by atoms with Gasteiger partial charge in [-0.15, -0.1) is 11.8 Å². The largest absolute Gasteiger partial charge is 0.398 e. The maximum Gasteiger partial charge on any atom is 0.0931 e. The molecule has 2 rings (SSSR count). The fraction of sp³-hybridized carbons (Fsp3) is 0.125. The van der Waals surface area contributed by atoms with E-state index in [-0.39, 0.29) is 0 Å². The second-order valence-electron chi connectivity index (χ2n) is 2.51. The molecule has 0 radical (unpaired) electrons. The molecule has 0 saturated heterocycles. The minimum atomic E-state index is 0.805. The molecular weight excluding hydrogens is 170 g/mol. The zero-order valence-corrected chi connectivity index (χ0v) is 7.48. The minimum Gasteiger partial charge on any atom is -0.398 e. The second kappa shape index (κ2) is 2.71. The lowest BCUT2D eigenvalue weighted by molar-refractivity contribution is 1.34. The summed E-state index contributed by atoms with van der Waals surface area (Å²) < 4.78 is 0. The quantitative estimate of drug-likeness (QED) is 0.519. The highest BCUT2D eigenvalue weighted by Crippen LogP contribution is 2.26. The number of benzene rings is 1. The van der Waals surface area contributed by atoms with Crippen LogP contribution in [0.15, 0.2) is 23.4 Å². The molecule has 0 unspecified atom stereocenters. The lowest BCUT2D eigenvalue weighted by atomic mass is 10.3. The standard InChI is InChI=1S/C8H9N3S/c1-12-8-3-7-6(2-5(8)9)10-4-11-7/h2-4H,9H2,1H3,(H,10,11). The van der Waals surface area contributed by atoms with Crippen molar-refractivity contribution in [3.8, 4) is 0 Å². The molecule has 1 heterocycles. The van der Waals surface area contributed by atoms with E-state index in [0.29, 0.717) is 0 Å². The number of fused-ring (bicyclic) bond motifs is 1. The zero-order valence-electron chi connectivity index (χ0n) is 6.66. The van der Waals surface area contributed by atoms with Crippen LogP contribution in [-0.2, 0) is 0 Å². The van der Waals surface area contributed by atoms with Crippen LogP contribution in [0, 0.1) is 0 Å². The number of hydrogen-bond donors (Lipinski definition) is 2. The number of imidazole rings is 1. The molecule has 1 aromatic carbocycles. The van der Waals surface area contributed by atoms with Crippen molar-refractivity contribution in [3.63, 3.8) is 0 Å². The first-order valence-corrected chi connectivity index (χ1v) is 4.80. The number of aromatic amines is 1. The van der Waals surface area contributed by atoms with E-state index in [4.69, 9.17) is 5.73 Å². The molecule has 0 aliphatic rings. The third kappa shape index (κ3) is 1.04. The Morgan fingerprint density at radius 1 is 1.50 bits per heavy atom. The molecule has 0 aliphatic carbocycles. The smallest absolute Gasteiger partial charge is 0.0931 e. The monoisotopic (exact) mass is 179 g/mol. The molecule has 3 nitrogen and oxygen atoms in total. The van der Waals surface area contributed by atoms with Gasteiger partial charge in [0.15, 0.2) is 0 Å². The molecule has 0 spiro atoms. The molecule has 12 heavy (non-hydrogen) atoms. The normalized spacial score (nSPS) is 10.8. The molecule has 1 aromatic heterocycles. The first-order valence-electron chi connectivity index (χ1n) is 3.58. The summed E-state index contributed by atoms with van der Waals surface area (Å²) in [6, 6.07) is 3.90. The molecule has 0 amide bonds. The Labute approximate surface area is 74.4 Å².